The van der Waals surface area contributed by atoms with Crippen LogP contribution in [0.5, 0.6) is 0 Å². The van der Waals surface area contributed by atoms with E-state index < -0.39 is 0 Å². The first-order chi connectivity index (χ1) is 18.6. The maximum atomic E-state index is 12.2. The number of likely N-dealkylation sites (N-methyl/N-ethyl adjacent to an activating group) is 1. The number of piperazine rings is 1. The van der Waals surface area contributed by atoms with Crippen molar-refractivity contribution in [1.29, 1.82) is 0 Å². The third kappa shape index (κ3) is 5.87. The van der Waals surface area contributed by atoms with Gasteiger partial charge in [-0.2, -0.15) is 0 Å². The summed E-state index contributed by atoms with van der Waals surface area (Å²) in [5.74, 6) is 1.63. The molecule has 5 rings (SSSR count). The zero-order valence-corrected chi connectivity index (χ0v) is 23.1. The van der Waals surface area contributed by atoms with E-state index in [-0.39, 0.29) is 11.9 Å². The molecule has 198 valence electrons. The van der Waals surface area contributed by atoms with E-state index >= 15 is 0 Å². The molecule has 1 atom stereocenters. The number of carbonyl (C=O) groups is 1. The number of nitrogens with one attached hydrogen (secondary N) is 1. The molecule has 0 amide bonds. The number of ether oxygens (including phenoxy) is 1. The van der Waals surface area contributed by atoms with Gasteiger partial charge in [0, 0.05) is 49.2 Å². The van der Waals surface area contributed by atoms with Crippen LogP contribution in [0.3, 0.4) is 0 Å². The van der Waals surface area contributed by atoms with Crippen LogP contribution in [0.2, 0.25) is 0 Å². The molecule has 1 aromatic heterocycles. The maximum Gasteiger partial charge on any atom is 0.338 e. The topological polar surface area (TPSA) is 70.6 Å². The average Bonchev–Trinajstić information content (AvgIpc) is 3.37. The molecule has 38 heavy (non-hydrogen) atoms. The van der Waals surface area contributed by atoms with Gasteiger partial charge in [0.1, 0.15) is 12.1 Å². The first-order valence-corrected chi connectivity index (χ1v) is 14.3. The average molecular weight is 530 g/mol. The highest BCUT2D eigenvalue weighted by atomic mass is 32.2. The lowest BCUT2D eigenvalue weighted by atomic mass is 10.0. The van der Waals surface area contributed by atoms with E-state index in [1.807, 2.05) is 32.0 Å². The van der Waals surface area contributed by atoms with Crippen molar-refractivity contribution in [3.63, 3.8) is 0 Å². The lowest BCUT2D eigenvalue weighted by Gasteiger charge is -2.35. The van der Waals surface area contributed by atoms with Gasteiger partial charge in [0.15, 0.2) is 0 Å². The van der Waals surface area contributed by atoms with E-state index in [1.165, 1.54) is 5.69 Å². The fourth-order valence-corrected chi connectivity index (χ4v) is 6.09. The summed E-state index contributed by atoms with van der Waals surface area (Å²) >= 11 is 1.78. The number of nitrogens with zero attached hydrogens (tertiary/aromatic N) is 4. The zero-order valence-electron chi connectivity index (χ0n) is 22.3. The van der Waals surface area contributed by atoms with E-state index in [0.29, 0.717) is 12.2 Å². The van der Waals surface area contributed by atoms with Crippen LogP contribution in [0.15, 0.2) is 59.8 Å². The fraction of sp³-hybridized carbons (Fsp3) is 0.367. The highest BCUT2D eigenvalue weighted by molar-refractivity contribution is 7.99. The van der Waals surface area contributed by atoms with Crippen LogP contribution in [-0.4, -0.2) is 65.9 Å². The predicted molar refractivity (Wildman–Crippen MR) is 156 cm³/mol. The monoisotopic (exact) mass is 529 g/mol. The van der Waals surface area contributed by atoms with Gasteiger partial charge in [0.05, 0.1) is 22.8 Å². The maximum absolute atomic E-state index is 12.2. The molecule has 1 fully saturated rings. The number of allylic oxidation sites excluding steroid dienone is 1. The van der Waals surface area contributed by atoms with Crippen molar-refractivity contribution in [2.75, 3.05) is 55.3 Å². The van der Waals surface area contributed by atoms with Gasteiger partial charge in [-0.3, -0.25) is 0 Å². The minimum absolute atomic E-state index is 0.174. The summed E-state index contributed by atoms with van der Waals surface area (Å²) in [5.41, 5.74) is 6.02. The third-order valence-electron chi connectivity index (χ3n) is 7.20. The molecule has 1 N–H and O–H groups in total. The van der Waals surface area contributed by atoms with Gasteiger partial charge in [-0.05, 0) is 67.9 Å². The summed E-state index contributed by atoms with van der Waals surface area (Å²) in [6.45, 7) is 12.0. The molecule has 3 aromatic rings. The van der Waals surface area contributed by atoms with Crippen LogP contribution in [0.25, 0.3) is 6.08 Å². The van der Waals surface area contributed by atoms with Crippen molar-refractivity contribution in [2.24, 2.45) is 0 Å². The fourth-order valence-electron chi connectivity index (χ4n) is 4.88. The van der Waals surface area contributed by atoms with E-state index in [2.05, 4.69) is 68.4 Å². The van der Waals surface area contributed by atoms with Crippen molar-refractivity contribution in [2.45, 2.75) is 31.6 Å². The first kappa shape index (κ1) is 26.3. The first-order valence-electron chi connectivity index (χ1n) is 13.3. The molecule has 3 heterocycles. The predicted octanol–water partition coefficient (Wildman–Crippen LogP) is 5.75. The lowest BCUT2D eigenvalue weighted by Crippen LogP contribution is -2.46. The van der Waals surface area contributed by atoms with Crippen LogP contribution < -0.4 is 10.2 Å². The van der Waals surface area contributed by atoms with Gasteiger partial charge in [-0.1, -0.05) is 25.1 Å². The van der Waals surface area contributed by atoms with Crippen molar-refractivity contribution >= 4 is 41.0 Å². The largest absolute Gasteiger partial charge is 0.462 e. The zero-order chi connectivity index (χ0) is 26.5. The molecule has 2 aromatic carbocycles. The summed E-state index contributed by atoms with van der Waals surface area (Å²) in [6, 6.07) is 14.3. The Balaban J connectivity index is 1.27. The molecular weight excluding hydrogens is 494 g/mol. The molecule has 7 nitrogen and oxygen atoms in total. The third-order valence-corrected chi connectivity index (χ3v) is 8.42. The normalized spacial score (nSPS) is 17.6. The summed E-state index contributed by atoms with van der Waals surface area (Å²) in [4.78, 5) is 27.4. The Hall–Kier alpha value is -3.36. The molecule has 0 bridgehead atoms. The van der Waals surface area contributed by atoms with Gasteiger partial charge < -0.3 is 19.9 Å². The highest BCUT2D eigenvalue weighted by Crippen LogP contribution is 2.43. The van der Waals surface area contributed by atoms with Crippen LogP contribution in [-0.2, 0) is 4.74 Å². The Kier molecular flexibility index (Phi) is 8.29. The number of esters is 1. The number of rotatable bonds is 8. The van der Waals surface area contributed by atoms with Gasteiger partial charge in [0.2, 0.25) is 0 Å². The van der Waals surface area contributed by atoms with Gasteiger partial charge in [-0.15, -0.1) is 11.8 Å². The molecular formula is C30H35N5O2S. The minimum Gasteiger partial charge on any atom is -0.462 e. The quantitative estimate of drug-likeness (QED) is 0.370. The number of hydrogen-bond acceptors (Lipinski definition) is 8. The Morgan fingerprint density at radius 2 is 1.89 bits per heavy atom. The second kappa shape index (κ2) is 12.0. The number of aryl methyl sites for hydroxylation is 1. The van der Waals surface area contributed by atoms with Crippen molar-refractivity contribution in [3.05, 3.63) is 77.3 Å². The molecule has 0 radical (unpaired) electrons. The highest BCUT2D eigenvalue weighted by Gasteiger charge is 2.26. The van der Waals surface area contributed by atoms with E-state index in [4.69, 9.17) is 4.74 Å². The smallest absolute Gasteiger partial charge is 0.338 e. The van der Waals surface area contributed by atoms with Gasteiger partial charge >= 0.3 is 5.97 Å². The number of hydrogen-bond donors (Lipinski definition) is 1. The Labute approximate surface area is 229 Å². The number of thioether (sulfide) groups is 1. The van der Waals surface area contributed by atoms with Gasteiger partial charge in [0.25, 0.3) is 0 Å². The molecule has 0 spiro atoms. The molecule has 8 heteroatoms. The minimum atomic E-state index is -0.292. The molecule has 0 saturated carbocycles. The molecule has 0 aliphatic carbocycles. The molecule has 2 aliphatic rings. The second-order valence-corrected chi connectivity index (χ2v) is 10.6. The Morgan fingerprint density at radius 1 is 1.11 bits per heavy atom. The lowest BCUT2D eigenvalue weighted by molar-refractivity contribution is 0.0526. The number of fused-ring (bicyclic) bond motifs is 1. The van der Waals surface area contributed by atoms with E-state index in [1.54, 1.807) is 18.1 Å². The molecule has 2 aliphatic heterocycles. The molecule has 1 unspecified atom stereocenters. The van der Waals surface area contributed by atoms with Gasteiger partial charge in [-0.25, -0.2) is 14.8 Å². The molecule has 1 saturated heterocycles. The van der Waals surface area contributed by atoms with Crippen molar-refractivity contribution in [3.8, 4) is 0 Å². The standard InChI is InChI=1S/C30H35N5O2S/c1-4-34-14-16-35(17-15-34)26-12-10-25(11-13-26)33-29-28-27(31-20-32-29)24(19-38-28)9-8-22-18-23(7-6-21(22)3)30(36)37-5-2/h6-13,18,20,24H,4-5,14-17,19H2,1-3H3,(H,31,32,33)/b9-8+. The van der Waals surface area contributed by atoms with Crippen molar-refractivity contribution in [1.82, 2.24) is 14.9 Å². The second-order valence-electron chi connectivity index (χ2n) is 9.60. The number of benzene rings is 2. The van der Waals surface area contributed by atoms with Crippen LogP contribution >= 0.6 is 11.8 Å². The summed E-state index contributed by atoms with van der Waals surface area (Å²) in [5, 5.41) is 3.51. The van der Waals surface area contributed by atoms with Crippen LogP contribution in [0.1, 0.15) is 46.9 Å². The number of anilines is 3. The summed E-state index contributed by atoms with van der Waals surface area (Å²) in [7, 11) is 0. The summed E-state index contributed by atoms with van der Waals surface area (Å²) in [6.07, 6.45) is 5.91. The van der Waals surface area contributed by atoms with Crippen molar-refractivity contribution < 1.29 is 9.53 Å². The Morgan fingerprint density at radius 3 is 2.63 bits per heavy atom. The van der Waals surface area contributed by atoms with E-state index in [9.17, 15) is 4.79 Å². The van der Waals surface area contributed by atoms with Crippen LogP contribution in [0.4, 0.5) is 17.2 Å². The Bertz CT molecular complexity index is 1300. The number of aromatic nitrogens is 2. The van der Waals surface area contributed by atoms with Crippen LogP contribution in [0, 0.1) is 6.92 Å². The summed E-state index contributed by atoms with van der Waals surface area (Å²) < 4.78 is 5.16. The number of carbonyl (C=O) groups excluding carboxylic acids is 1. The van der Waals surface area contributed by atoms with E-state index in [0.717, 1.165) is 71.7 Å². The SMILES string of the molecule is CCOC(=O)c1ccc(C)c(/C=C/C2CSc3c(Nc4ccc(N5CCN(CC)CC5)cc4)ncnc32)c1.